The van der Waals surface area contributed by atoms with Gasteiger partial charge in [-0.15, -0.1) is 11.3 Å². The summed E-state index contributed by atoms with van der Waals surface area (Å²) in [5.74, 6) is 0.183. The van der Waals surface area contributed by atoms with E-state index < -0.39 is 15.9 Å². The zero-order valence-corrected chi connectivity index (χ0v) is 18.5. The Balaban J connectivity index is 1.41. The molecule has 9 heteroatoms. The van der Waals surface area contributed by atoms with Crippen LogP contribution in [0.1, 0.15) is 16.2 Å². The Hall–Kier alpha value is -2.93. The highest BCUT2D eigenvalue weighted by Gasteiger charge is 2.32. The number of methoxy groups -OCH3 is 1. The molecule has 0 radical (unpaired) electrons. The summed E-state index contributed by atoms with van der Waals surface area (Å²) in [5, 5.41) is 10.6. The molecule has 1 aliphatic rings. The van der Waals surface area contributed by atoms with E-state index in [1.54, 1.807) is 42.3 Å². The number of carbonyl (C=O) groups is 1. The maximum absolute atomic E-state index is 12.8. The van der Waals surface area contributed by atoms with Crippen LogP contribution in [-0.4, -0.2) is 39.4 Å². The second-order valence-corrected chi connectivity index (χ2v) is 10.3. The van der Waals surface area contributed by atoms with Crippen molar-refractivity contribution >= 4 is 38.0 Å². The Morgan fingerprint density at radius 3 is 2.74 bits per heavy atom. The summed E-state index contributed by atoms with van der Waals surface area (Å²) >= 11 is 1.37. The van der Waals surface area contributed by atoms with Gasteiger partial charge in [0.1, 0.15) is 16.7 Å². The number of rotatable bonds is 7. The monoisotopic (exact) mass is 455 g/mol. The van der Waals surface area contributed by atoms with Gasteiger partial charge in [0.05, 0.1) is 24.5 Å². The molecule has 3 aromatic rings. The fourth-order valence-electron chi connectivity index (χ4n) is 3.65. The molecule has 7 nitrogen and oxygen atoms in total. The highest BCUT2D eigenvalue weighted by molar-refractivity contribution is 7.89. The molecule has 0 aliphatic carbocycles. The Morgan fingerprint density at radius 2 is 2.00 bits per heavy atom. The molecule has 0 saturated carbocycles. The van der Waals surface area contributed by atoms with Crippen molar-refractivity contribution in [1.82, 2.24) is 9.62 Å². The lowest BCUT2D eigenvalue weighted by Gasteiger charge is -2.16. The molecule has 1 atom stereocenters. The van der Waals surface area contributed by atoms with Gasteiger partial charge in [0.25, 0.3) is 0 Å². The molecule has 31 heavy (non-hydrogen) atoms. The minimum atomic E-state index is -3.75. The maximum Gasteiger partial charge on any atom is 0.240 e. The normalized spacial score (nSPS) is 16.6. The molecular formula is C22H21N3O4S2. The van der Waals surface area contributed by atoms with Gasteiger partial charge in [-0.2, -0.15) is 5.26 Å². The van der Waals surface area contributed by atoms with Gasteiger partial charge in [0.2, 0.25) is 15.9 Å². The number of nitrogens with zero attached hydrogens (tertiary/aromatic N) is 2. The first-order chi connectivity index (χ1) is 14.9. The molecule has 1 N–H and O–H groups in total. The minimum absolute atomic E-state index is 0.0572. The highest BCUT2D eigenvalue weighted by Crippen LogP contribution is 2.26. The van der Waals surface area contributed by atoms with E-state index in [4.69, 9.17) is 10.00 Å². The third-order valence-electron chi connectivity index (χ3n) is 5.38. The van der Waals surface area contributed by atoms with Crippen LogP contribution in [0.25, 0.3) is 10.8 Å². The molecular weight excluding hydrogens is 434 g/mol. The zero-order valence-electron chi connectivity index (χ0n) is 16.9. The van der Waals surface area contributed by atoms with E-state index in [0.717, 1.165) is 15.6 Å². The number of nitriles is 1. The van der Waals surface area contributed by atoms with E-state index in [1.807, 2.05) is 18.2 Å². The summed E-state index contributed by atoms with van der Waals surface area (Å²) in [6.07, 6.45) is 0.590. The van der Waals surface area contributed by atoms with Crippen molar-refractivity contribution in [3.63, 3.8) is 0 Å². The first-order valence-electron chi connectivity index (χ1n) is 9.75. The lowest BCUT2D eigenvalue weighted by atomic mass is 10.1. The Labute approximate surface area is 184 Å². The number of amides is 1. The first-order valence-corrected chi connectivity index (χ1v) is 12.0. The third kappa shape index (κ3) is 4.56. The molecule has 0 spiro atoms. The van der Waals surface area contributed by atoms with E-state index in [-0.39, 0.29) is 17.3 Å². The number of hydrogen-bond acceptors (Lipinski definition) is 6. The molecule has 4 rings (SSSR count). The van der Waals surface area contributed by atoms with Gasteiger partial charge < -0.3 is 9.64 Å². The highest BCUT2D eigenvalue weighted by atomic mass is 32.2. The smallest absolute Gasteiger partial charge is 0.240 e. The average molecular weight is 456 g/mol. The van der Waals surface area contributed by atoms with E-state index in [1.165, 1.54) is 11.3 Å². The number of hydrogen-bond donors (Lipinski definition) is 1. The summed E-state index contributed by atoms with van der Waals surface area (Å²) < 4.78 is 33.4. The molecule has 2 aromatic carbocycles. The summed E-state index contributed by atoms with van der Waals surface area (Å²) in [4.78, 5) is 16.1. The van der Waals surface area contributed by atoms with Crippen LogP contribution in [0.15, 0.2) is 53.4 Å². The first kappa shape index (κ1) is 21.3. The van der Waals surface area contributed by atoms with Crippen molar-refractivity contribution in [3.05, 3.63) is 58.3 Å². The SMILES string of the molecule is COc1ccc2ccc(S(=O)(=O)NC[C@@H]3CCN(Cc4ccc(C#N)s4)C3=O)cc2c1. The van der Waals surface area contributed by atoms with Gasteiger partial charge in [0, 0.05) is 18.0 Å². The lowest BCUT2D eigenvalue weighted by molar-refractivity contribution is -0.131. The van der Waals surface area contributed by atoms with E-state index in [2.05, 4.69) is 10.8 Å². The number of sulfonamides is 1. The quantitative estimate of drug-likeness (QED) is 0.590. The van der Waals surface area contributed by atoms with Crippen molar-refractivity contribution in [3.8, 4) is 11.8 Å². The maximum atomic E-state index is 12.8. The fourth-order valence-corrected chi connectivity index (χ4v) is 5.59. The van der Waals surface area contributed by atoms with Crippen LogP contribution in [0.3, 0.4) is 0 Å². The number of benzene rings is 2. The topological polar surface area (TPSA) is 99.5 Å². The third-order valence-corrected chi connectivity index (χ3v) is 7.77. The van der Waals surface area contributed by atoms with Crippen LogP contribution < -0.4 is 9.46 Å². The summed E-state index contributed by atoms with van der Waals surface area (Å²) in [5.41, 5.74) is 0. The number of nitrogens with one attached hydrogen (secondary N) is 1. The molecule has 0 unspecified atom stereocenters. The molecule has 1 amide bonds. The molecule has 1 saturated heterocycles. The Morgan fingerprint density at radius 1 is 1.19 bits per heavy atom. The second kappa shape index (κ2) is 8.67. The predicted octanol–water partition coefficient (Wildman–Crippen LogP) is 3.11. The number of ether oxygens (including phenoxy) is 1. The summed E-state index contributed by atoms with van der Waals surface area (Å²) in [6.45, 7) is 1.07. The van der Waals surface area contributed by atoms with Crippen LogP contribution in [0.5, 0.6) is 5.75 Å². The van der Waals surface area contributed by atoms with Crippen LogP contribution in [0, 0.1) is 17.2 Å². The fraction of sp³-hybridized carbons (Fsp3) is 0.273. The van der Waals surface area contributed by atoms with Crippen LogP contribution in [-0.2, 0) is 21.4 Å². The number of fused-ring (bicyclic) bond motifs is 1. The van der Waals surface area contributed by atoms with Crippen molar-refractivity contribution in [1.29, 1.82) is 5.26 Å². The Kier molecular flexibility index (Phi) is 5.96. The minimum Gasteiger partial charge on any atom is -0.497 e. The summed E-state index contributed by atoms with van der Waals surface area (Å²) in [7, 11) is -2.19. The summed E-state index contributed by atoms with van der Waals surface area (Å²) in [6, 6.07) is 16.1. The largest absolute Gasteiger partial charge is 0.497 e. The molecule has 0 bridgehead atoms. The van der Waals surface area contributed by atoms with Gasteiger partial charge in [-0.05, 0) is 53.6 Å². The molecule has 160 valence electrons. The number of carbonyl (C=O) groups excluding carboxylic acids is 1. The van der Waals surface area contributed by atoms with Gasteiger partial charge in [-0.1, -0.05) is 12.1 Å². The van der Waals surface area contributed by atoms with Crippen molar-refractivity contribution in [2.75, 3.05) is 20.2 Å². The Bertz CT molecular complexity index is 1280. The van der Waals surface area contributed by atoms with Crippen LogP contribution >= 0.6 is 11.3 Å². The average Bonchev–Trinajstić information content (AvgIpc) is 3.38. The molecule has 1 aliphatic heterocycles. The zero-order chi connectivity index (χ0) is 22.0. The predicted molar refractivity (Wildman–Crippen MR) is 118 cm³/mol. The van der Waals surface area contributed by atoms with Gasteiger partial charge in [-0.3, -0.25) is 4.79 Å². The molecule has 1 aromatic heterocycles. The number of thiophene rings is 1. The van der Waals surface area contributed by atoms with Crippen molar-refractivity contribution < 1.29 is 17.9 Å². The van der Waals surface area contributed by atoms with Crippen LogP contribution in [0.4, 0.5) is 0 Å². The van der Waals surface area contributed by atoms with Gasteiger partial charge in [0.15, 0.2) is 0 Å². The standard InChI is InChI=1S/C22H21N3O4S2/c1-29-18-4-2-15-3-7-21(11-17(15)10-18)31(27,28)24-13-16-8-9-25(22(16)26)14-20-6-5-19(12-23)30-20/h2-7,10-11,16,24H,8-9,13-14H2,1H3/t16-/m0/s1. The number of likely N-dealkylation sites (tertiary alicyclic amines) is 1. The van der Waals surface area contributed by atoms with E-state index in [9.17, 15) is 13.2 Å². The van der Waals surface area contributed by atoms with Gasteiger partial charge in [-0.25, -0.2) is 13.1 Å². The lowest BCUT2D eigenvalue weighted by Crippen LogP contribution is -2.34. The van der Waals surface area contributed by atoms with E-state index >= 15 is 0 Å². The van der Waals surface area contributed by atoms with Gasteiger partial charge >= 0.3 is 0 Å². The molecule has 2 heterocycles. The van der Waals surface area contributed by atoms with Crippen molar-refractivity contribution in [2.24, 2.45) is 5.92 Å². The molecule has 1 fully saturated rings. The van der Waals surface area contributed by atoms with E-state index in [0.29, 0.717) is 30.1 Å². The second-order valence-electron chi connectivity index (χ2n) is 7.35. The van der Waals surface area contributed by atoms with Crippen LogP contribution in [0.2, 0.25) is 0 Å². The van der Waals surface area contributed by atoms with Crippen molar-refractivity contribution in [2.45, 2.75) is 17.9 Å².